The fraction of sp³-hybridized carbons (Fsp3) is 0.278. The lowest BCUT2D eigenvalue weighted by Gasteiger charge is -2.11. The van der Waals surface area contributed by atoms with Crippen molar-refractivity contribution in [3.05, 3.63) is 40.2 Å². The molecule has 0 saturated carbocycles. The summed E-state index contributed by atoms with van der Waals surface area (Å²) in [5, 5.41) is 16.2. The van der Waals surface area contributed by atoms with Crippen LogP contribution in [0.15, 0.2) is 45.4 Å². The van der Waals surface area contributed by atoms with Crippen molar-refractivity contribution < 1.29 is 4.74 Å². The Morgan fingerprint density at radius 2 is 2.03 bits per heavy atom. The number of aromatic nitrogens is 7. The fourth-order valence-corrected chi connectivity index (χ4v) is 4.84. The maximum Gasteiger partial charge on any atom is 0.197 e. The molecule has 3 heterocycles. The van der Waals surface area contributed by atoms with Crippen LogP contribution in [0.2, 0.25) is 5.02 Å². The van der Waals surface area contributed by atoms with E-state index in [2.05, 4.69) is 41.2 Å². The molecule has 0 fully saturated rings. The van der Waals surface area contributed by atoms with Crippen LogP contribution < -0.4 is 0 Å². The van der Waals surface area contributed by atoms with Gasteiger partial charge >= 0.3 is 0 Å². The van der Waals surface area contributed by atoms with Gasteiger partial charge in [-0.15, -0.1) is 10.2 Å². The van der Waals surface area contributed by atoms with E-state index < -0.39 is 0 Å². The summed E-state index contributed by atoms with van der Waals surface area (Å²) in [7, 11) is 3.53. The number of methoxy groups -OCH3 is 1. The number of rotatable bonds is 7. The second-order valence-corrected chi connectivity index (χ2v) is 8.29. The summed E-state index contributed by atoms with van der Waals surface area (Å²) in [6.45, 7) is 1.32. The van der Waals surface area contributed by atoms with Crippen molar-refractivity contribution in [2.45, 2.75) is 23.1 Å². The van der Waals surface area contributed by atoms with E-state index in [-0.39, 0.29) is 0 Å². The van der Waals surface area contributed by atoms with E-state index >= 15 is 0 Å². The number of nitrogens with zero attached hydrogens (tertiary/aromatic N) is 7. The standard InChI is InChI=1S/C18H17BrClN7OS/c1-26-16-13(14(19)25-26)17(22-10-21-16)29-18-24-23-15(27(18)8-5-9-28-2)11-6-3-4-7-12(11)20/h3-4,6-7,10H,5,8-9H2,1-2H3. The topological polar surface area (TPSA) is 83.5 Å². The number of halogens is 2. The zero-order valence-electron chi connectivity index (χ0n) is 15.7. The highest BCUT2D eigenvalue weighted by molar-refractivity contribution is 9.10. The maximum absolute atomic E-state index is 6.41. The van der Waals surface area contributed by atoms with Crippen molar-refractivity contribution in [3.63, 3.8) is 0 Å². The van der Waals surface area contributed by atoms with Crippen LogP contribution in [0.4, 0.5) is 0 Å². The SMILES string of the molecule is COCCCn1c(Sc2ncnc3c2c(Br)nn3C)nnc1-c1ccccc1Cl. The molecule has 0 unspecified atom stereocenters. The molecule has 11 heteroatoms. The van der Waals surface area contributed by atoms with Crippen LogP contribution in [-0.2, 0) is 18.3 Å². The molecule has 0 N–H and O–H groups in total. The van der Waals surface area contributed by atoms with Gasteiger partial charge in [-0.1, -0.05) is 23.7 Å². The van der Waals surface area contributed by atoms with Gasteiger partial charge in [0.1, 0.15) is 16.0 Å². The summed E-state index contributed by atoms with van der Waals surface area (Å²) >= 11 is 11.3. The number of aryl methyl sites for hydroxylation is 1. The fourth-order valence-electron chi connectivity index (χ4n) is 2.95. The third kappa shape index (κ3) is 4.02. The lowest BCUT2D eigenvalue weighted by atomic mass is 10.2. The zero-order valence-corrected chi connectivity index (χ0v) is 18.9. The van der Waals surface area contributed by atoms with Gasteiger partial charge in [0.05, 0.1) is 10.4 Å². The first-order chi connectivity index (χ1) is 14.1. The smallest absolute Gasteiger partial charge is 0.197 e. The van der Waals surface area contributed by atoms with E-state index in [4.69, 9.17) is 16.3 Å². The lowest BCUT2D eigenvalue weighted by molar-refractivity contribution is 0.189. The second kappa shape index (κ2) is 8.78. The van der Waals surface area contributed by atoms with Gasteiger partial charge in [0.15, 0.2) is 16.6 Å². The summed E-state index contributed by atoms with van der Waals surface area (Å²) in [5.74, 6) is 0.713. The van der Waals surface area contributed by atoms with Gasteiger partial charge in [0, 0.05) is 32.9 Å². The predicted molar refractivity (Wildman–Crippen MR) is 115 cm³/mol. The van der Waals surface area contributed by atoms with Crippen molar-refractivity contribution in [2.24, 2.45) is 7.05 Å². The van der Waals surface area contributed by atoms with E-state index in [1.165, 1.54) is 18.1 Å². The van der Waals surface area contributed by atoms with E-state index in [9.17, 15) is 0 Å². The lowest BCUT2D eigenvalue weighted by Crippen LogP contribution is -2.05. The molecule has 0 atom stereocenters. The van der Waals surface area contributed by atoms with Gasteiger partial charge in [-0.3, -0.25) is 0 Å². The van der Waals surface area contributed by atoms with Crippen LogP contribution in [0.5, 0.6) is 0 Å². The molecule has 150 valence electrons. The van der Waals surface area contributed by atoms with Gasteiger partial charge in [0.2, 0.25) is 0 Å². The first-order valence-electron chi connectivity index (χ1n) is 8.78. The highest BCUT2D eigenvalue weighted by atomic mass is 79.9. The predicted octanol–water partition coefficient (Wildman–Crippen LogP) is 4.23. The zero-order chi connectivity index (χ0) is 20.4. The largest absolute Gasteiger partial charge is 0.385 e. The molecule has 0 aliphatic carbocycles. The van der Waals surface area contributed by atoms with E-state index in [0.717, 1.165) is 28.0 Å². The first-order valence-corrected chi connectivity index (χ1v) is 10.8. The maximum atomic E-state index is 6.41. The molecular weight excluding hydrogens is 478 g/mol. The Bertz CT molecular complexity index is 1160. The Labute approximate surface area is 184 Å². The van der Waals surface area contributed by atoms with Gasteiger partial charge in [-0.25, -0.2) is 14.6 Å². The molecular formula is C18H17BrClN7OS. The van der Waals surface area contributed by atoms with Crippen molar-refractivity contribution in [2.75, 3.05) is 13.7 Å². The van der Waals surface area contributed by atoms with Gasteiger partial charge in [-0.2, -0.15) is 5.10 Å². The molecule has 29 heavy (non-hydrogen) atoms. The number of fused-ring (bicyclic) bond motifs is 1. The summed E-state index contributed by atoms with van der Waals surface area (Å²) in [5.41, 5.74) is 1.58. The molecule has 0 amide bonds. The average molecular weight is 495 g/mol. The van der Waals surface area contributed by atoms with E-state index in [1.54, 1.807) is 11.8 Å². The van der Waals surface area contributed by atoms with Crippen LogP contribution in [0, 0.1) is 0 Å². The molecule has 0 aliphatic heterocycles. The minimum atomic E-state index is 0.629. The number of ether oxygens (including phenoxy) is 1. The monoisotopic (exact) mass is 493 g/mol. The van der Waals surface area contributed by atoms with E-state index in [1.807, 2.05) is 35.9 Å². The third-order valence-electron chi connectivity index (χ3n) is 4.29. The molecule has 4 aromatic rings. The van der Waals surface area contributed by atoms with Crippen LogP contribution in [-0.4, -0.2) is 48.2 Å². The Morgan fingerprint density at radius 1 is 1.21 bits per heavy atom. The molecule has 1 aromatic carbocycles. The summed E-state index contributed by atoms with van der Waals surface area (Å²) < 4.78 is 9.67. The van der Waals surface area contributed by atoms with Crippen molar-refractivity contribution >= 4 is 50.3 Å². The number of hydrogen-bond acceptors (Lipinski definition) is 7. The molecule has 0 radical (unpaired) electrons. The summed E-state index contributed by atoms with van der Waals surface area (Å²) in [6.07, 6.45) is 2.34. The normalized spacial score (nSPS) is 11.4. The second-order valence-electron chi connectivity index (χ2n) is 6.18. The Hall–Kier alpha value is -2.01. The van der Waals surface area contributed by atoms with E-state index in [0.29, 0.717) is 33.8 Å². The Balaban J connectivity index is 1.77. The van der Waals surface area contributed by atoms with Crippen LogP contribution in [0.25, 0.3) is 22.4 Å². The molecule has 0 saturated heterocycles. The molecule has 0 aliphatic rings. The Morgan fingerprint density at radius 3 is 2.83 bits per heavy atom. The van der Waals surface area contributed by atoms with Crippen molar-refractivity contribution in [3.8, 4) is 11.4 Å². The molecule has 0 bridgehead atoms. The highest BCUT2D eigenvalue weighted by Crippen LogP contribution is 2.36. The van der Waals surface area contributed by atoms with Crippen molar-refractivity contribution in [1.29, 1.82) is 0 Å². The molecule has 8 nitrogen and oxygen atoms in total. The van der Waals surface area contributed by atoms with Gasteiger partial charge in [0.25, 0.3) is 0 Å². The van der Waals surface area contributed by atoms with Crippen LogP contribution >= 0.6 is 39.3 Å². The van der Waals surface area contributed by atoms with Crippen LogP contribution in [0.3, 0.4) is 0 Å². The van der Waals surface area contributed by atoms with Crippen LogP contribution in [0.1, 0.15) is 6.42 Å². The minimum absolute atomic E-state index is 0.629. The summed E-state index contributed by atoms with van der Waals surface area (Å²) in [4.78, 5) is 8.77. The number of hydrogen-bond donors (Lipinski definition) is 0. The minimum Gasteiger partial charge on any atom is -0.385 e. The van der Waals surface area contributed by atoms with Crippen molar-refractivity contribution in [1.82, 2.24) is 34.5 Å². The summed E-state index contributed by atoms with van der Waals surface area (Å²) in [6, 6.07) is 7.61. The third-order valence-corrected chi connectivity index (χ3v) is 6.17. The quantitative estimate of drug-likeness (QED) is 0.281. The molecule has 3 aromatic heterocycles. The molecule has 0 spiro atoms. The first kappa shape index (κ1) is 20.3. The van der Waals surface area contributed by atoms with Gasteiger partial charge in [-0.05, 0) is 46.2 Å². The highest BCUT2D eigenvalue weighted by Gasteiger charge is 2.20. The molecule has 4 rings (SSSR count). The average Bonchev–Trinajstić information content (AvgIpc) is 3.24. The van der Waals surface area contributed by atoms with Gasteiger partial charge < -0.3 is 9.30 Å². The Kier molecular flexibility index (Phi) is 6.14. The number of benzene rings is 1.